The van der Waals surface area contributed by atoms with Crippen molar-refractivity contribution in [2.24, 2.45) is 7.05 Å². The predicted molar refractivity (Wildman–Crippen MR) is 88.9 cm³/mol. The molecule has 0 saturated heterocycles. The van der Waals surface area contributed by atoms with Gasteiger partial charge in [0.1, 0.15) is 0 Å². The van der Waals surface area contributed by atoms with E-state index in [4.69, 9.17) is 0 Å². The molecule has 2 aromatic heterocycles. The number of rotatable bonds is 4. The van der Waals surface area contributed by atoms with E-state index in [1.165, 1.54) is 0 Å². The van der Waals surface area contributed by atoms with E-state index in [1.807, 2.05) is 33.2 Å². The second-order valence-electron chi connectivity index (χ2n) is 5.50. The highest BCUT2D eigenvalue weighted by atomic mass is 32.3. The molecule has 6 nitrogen and oxygen atoms in total. The molecule has 1 N–H and O–H groups in total. The van der Waals surface area contributed by atoms with Crippen molar-refractivity contribution in [3.05, 3.63) is 59.7 Å². The van der Waals surface area contributed by atoms with Crippen LogP contribution in [0.15, 0.2) is 47.6 Å². The average molecular weight is 331 g/mol. The molecule has 1 aromatic carbocycles. The Balaban J connectivity index is 1.89. The zero-order valence-electron chi connectivity index (χ0n) is 13.3. The molecule has 0 radical (unpaired) electrons. The fourth-order valence-corrected chi connectivity index (χ4v) is 4.08. The first-order valence-corrected chi connectivity index (χ1v) is 8.90. The lowest BCUT2D eigenvalue weighted by Crippen LogP contribution is -2.14. The molecular weight excluding hydrogens is 312 g/mol. The molecule has 120 valence electrons. The van der Waals surface area contributed by atoms with E-state index in [2.05, 4.69) is 10.2 Å². The van der Waals surface area contributed by atoms with Gasteiger partial charge in [-0.3, -0.25) is 4.68 Å². The smallest absolute Gasteiger partial charge is 0.252 e. The number of nitrogens with zero attached hydrogens (tertiary/aromatic N) is 4. The van der Waals surface area contributed by atoms with Crippen LogP contribution in [0.5, 0.6) is 0 Å². The molecule has 0 bridgehead atoms. The summed E-state index contributed by atoms with van der Waals surface area (Å²) in [6.07, 6.45) is 3.52. The molecule has 3 rings (SSSR count). The van der Waals surface area contributed by atoms with Gasteiger partial charge in [0.25, 0.3) is 10.2 Å². The van der Waals surface area contributed by atoms with Gasteiger partial charge in [0.05, 0.1) is 11.4 Å². The minimum atomic E-state index is -3.16. The fourth-order valence-electron chi connectivity index (χ4n) is 2.54. The number of hydrogen-bond acceptors (Lipinski definition) is 3. The van der Waals surface area contributed by atoms with Crippen LogP contribution in [0, 0.1) is 13.8 Å². The summed E-state index contributed by atoms with van der Waals surface area (Å²) in [7, 11) is -1.33. The van der Waals surface area contributed by atoms with Crippen molar-refractivity contribution >= 4 is 10.2 Å². The van der Waals surface area contributed by atoms with Gasteiger partial charge in [-0.25, -0.2) is 4.68 Å². The molecule has 0 spiro atoms. The molecule has 0 aliphatic rings. The van der Waals surface area contributed by atoms with Gasteiger partial charge in [0.2, 0.25) is 0 Å². The summed E-state index contributed by atoms with van der Waals surface area (Å²) >= 11 is 0. The van der Waals surface area contributed by atoms with Crippen LogP contribution in [0.3, 0.4) is 0 Å². The zero-order chi connectivity index (χ0) is 16.6. The standard InChI is InChI=1S/C16H18N4O2S/c1-12-16(13(2)19(3)18-12)11-23(21,22)15-7-5-14(6-8-15)20-10-4-9-17-20/h4-10H,11H2,1-3H3/p+1. The van der Waals surface area contributed by atoms with Gasteiger partial charge in [-0.1, -0.05) is 4.21 Å². The second-order valence-corrected chi connectivity index (χ2v) is 7.54. The van der Waals surface area contributed by atoms with E-state index >= 15 is 0 Å². The Morgan fingerprint density at radius 3 is 2.43 bits per heavy atom. The van der Waals surface area contributed by atoms with Gasteiger partial charge in [-0.05, 0) is 44.2 Å². The topological polar surface area (TPSA) is 72.9 Å². The Labute approximate surface area is 136 Å². The number of hydrogen-bond donors (Lipinski definition) is 1. The third-order valence-electron chi connectivity index (χ3n) is 3.97. The monoisotopic (exact) mass is 331 g/mol. The minimum absolute atomic E-state index is 0.0691. The number of aryl methyl sites for hydroxylation is 2. The third kappa shape index (κ3) is 2.97. The lowest BCUT2D eigenvalue weighted by molar-refractivity contribution is 0.496. The molecule has 0 aliphatic heterocycles. The highest BCUT2D eigenvalue weighted by molar-refractivity contribution is 7.97. The van der Waals surface area contributed by atoms with Crippen molar-refractivity contribution in [2.75, 3.05) is 0 Å². The van der Waals surface area contributed by atoms with Gasteiger partial charge < -0.3 is 0 Å². The summed E-state index contributed by atoms with van der Waals surface area (Å²) in [5.41, 5.74) is 3.39. The first kappa shape index (κ1) is 15.6. The molecule has 1 unspecified atom stereocenters. The minimum Gasteiger partial charge on any atom is -0.272 e. The summed E-state index contributed by atoms with van der Waals surface area (Å²) in [4.78, 5) is 0.413. The van der Waals surface area contributed by atoms with Crippen LogP contribution in [-0.4, -0.2) is 24.1 Å². The van der Waals surface area contributed by atoms with Crippen LogP contribution in [0.25, 0.3) is 5.69 Å². The van der Waals surface area contributed by atoms with E-state index in [0.717, 1.165) is 22.6 Å². The zero-order valence-corrected chi connectivity index (χ0v) is 14.1. The van der Waals surface area contributed by atoms with Crippen molar-refractivity contribution < 1.29 is 8.76 Å². The van der Waals surface area contributed by atoms with Crippen molar-refractivity contribution in [3.63, 3.8) is 0 Å². The van der Waals surface area contributed by atoms with E-state index in [0.29, 0.717) is 4.90 Å². The fraction of sp³-hybridized carbons (Fsp3) is 0.250. The Morgan fingerprint density at radius 2 is 1.91 bits per heavy atom. The van der Waals surface area contributed by atoms with Crippen molar-refractivity contribution in [3.8, 4) is 5.69 Å². The first-order chi connectivity index (χ1) is 10.9. The quantitative estimate of drug-likeness (QED) is 0.746. The van der Waals surface area contributed by atoms with Crippen molar-refractivity contribution in [1.82, 2.24) is 19.6 Å². The summed E-state index contributed by atoms with van der Waals surface area (Å²) in [6, 6.07) is 8.78. The maximum atomic E-state index is 12.8. The molecular formula is C16H19N4O2S+. The van der Waals surface area contributed by atoms with Crippen LogP contribution < -0.4 is 0 Å². The molecule has 0 aliphatic carbocycles. The molecule has 0 fully saturated rings. The van der Waals surface area contributed by atoms with Crippen LogP contribution in [-0.2, 0) is 27.2 Å². The van der Waals surface area contributed by atoms with Gasteiger partial charge in [0, 0.05) is 30.7 Å². The second kappa shape index (κ2) is 5.75. The summed E-state index contributed by atoms with van der Waals surface area (Å²) in [6.45, 7) is 3.77. The largest absolute Gasteiger partial charge is 0.272 e. The van der Waals surface area contributed by atoms with Gasteiger partial charge >= 0.3 is 0 Å². The molecule has 0 saturated carbocycles. The number of benzene rings is 1. The summed E-state index contributed by atoms with van der Waals surface area (Å²) < 4.78 is 26.7. The highest BCUT2D eigenvalue weighted by Gasteiger charge is 2.32. The highest BCUT2D eigenvalue weighted by Crippen LogP contribution is 2.25. The molecule has 7 heteroatoms. The summed E-state index contributed by atoms with van der Waals surface area (Å²) in [5, 5.41) is 8.45. The van der Waals surface area contributed by atoms with Crippen molar-refractivity contribution in [1.29, 1.82) is 0 Å². The van der Waals surface area contributed by atoms with E-state index in [9.17, 15) is 8.76 Å². The lowest BCUT2D eigenvalue weighted by atomic mass is 10.2. The van der Waals surface area contributed by atoms with E-state index in [1.54, 1.807) is 39.8 Å². The lowest BCUT2D eigenvalue weighted by Gasteiger charge is -2.07. The van der Waals surface area contributed by atoms with E-state index in [-0.39, 0.29) is 5.75 Å². The van der Waals surface area contributed by atoms with Crippen LogP contribution >= 0.6 is 0 Å². The van der Waals surface area contributed by atoms with Gasteiger partial charge in [-0.15, -0.1) is 0 Å². The Bertz CT molecular complexity index is 866. The summed E-state index contributed by atoms with van der Waals surface area (Å²) in [5.74, 6) is 0.0691. The Kier molecular flexibility index (Phi) is 3.91. The van der Waals surface area contributed by atoms with E-state index < -0.39 is 10.2 Å². The first-order valence-electron chi connectivity index (χ1n) is 7.22. The van der Waals surface area contributed by atoms with Crippen LogP contribution in [0.4, 0.5) is 0 Å². The maximum absolute atomic E-state index is 12.8. The van der Waals surface area contributed by atoms with Gasteiger partial charge in [-0.2, -0.15) is 14.8 Å². The Morgan fingerprint density at radius 1 is 1.22 bits per heavy atom. The van der Waals surface area contributed by atoms with Crippen molar-refractivity contribution in [2.45, 2.75) is 24.5 Å². The number of aromatic nitrogens is 4. The molecule has 0 amide bonds. The third-order valence-corrected chi connectivity index (χ3v) is 5.66. The Hall–Kier alpha value is -2.25. The van der Waals surface area contributed by atoms with Crippen LogP contribution in [0.2, 0.25) is 0 Å². The molecule has 23 heavy (non-hydrogen) atoms. The van der Waals surface area contributed by atoms with Gasteiger partial charge in [0.15, 0.2) is 10.6 Å². The molecule has 1 atom stereocenters. The molecule has 3 aromatic rings. The van der Waals surface area contributed by atoms with Crippen LogP contribution in [0.1, 0.15) is 17.0 Å². The maximum Gasteiger partial charge on any atom is 0.252 e. The SMILES string of the molecule is Cc1nn(C)c(C)c1C[S+](=O)(O)c1ccc(-n2cccn2)cc1. The molecule has 2 heterocycles. The normalized spacial score (nSPS) is 13.9. The average Bonchev–Trinajstić information content (AvgIpc) is 3.13. The predicted octanol–water partition coefficient (Wildman–Crippen LogP) is 2.75.